The number of rotatable bonds is 19. The highest BCUT2D eigenvalue weighted by Crippen LogP contribution is 2.39. The van der Waals surface area contributed by atoms with E-state index < -0.39 is 33.4 Å². The zero-order valence-corrected chi connectivity index (χ0v) is 37.3. The van der Waals surface area contributed by atoms with Crippen molar-refractivity contribution in [2.24, 2.45) is 5.41 Å². The van der Waals surface area contributed by atoms with E-state index in [1.165, 1.54) is 19.4 Å². The van der Waals surface area contributed by atoms with Crippen LogP contribution in [-0.2, 0) is 36.6 Å². The van der Waals surface area contributed by atoms with Crippen LogP contribution in [0.25, 0.3) is 5.69 Å². The number of nitrogens with one attached hydrogen (secondary N) is 2. The van der Waals surface area contributed by atoms with Crippen LogP contribution in [0.3, 0.4) is 0 Å². The number of hydrogen-bond acceptors (Lipinski definition) is 7. The van der Waals surface area contributed by atoms with Gasteiger partial charge >= 0.3 is 5.69 Å². The SMILES string of the molecule is CCC(C)(C)c1ccc(OCCCC(=O)NCC(C)(C)C(=O)C(Cl)(C(=O)Nc2ccccc2)n2c(=O)c(Cc3ccccc3)nn(-c3ccccc3)c2=O)c(C(C)(C)CC)c1. The van der Waals surface area contributed by atoms with Gasteiger partial charge in [0.05, 0.1) is 12.3 Å². The predicted octanol–water partition coefficient (Wildman–Crippen LogP) is 8.46. The lowest BCUT2D eigenvalue weighted by Gasteiger charge is -2.34. The highest BCUT2D eigenvalue weighted by molar-refractivity contribution is 6.45. The number of amides is 2. The fraction of sp³-hybridized carbons (Fsp3) is 0.388. The van der Waals surface area contributed by atoms with Gasteiger partial charge in [0.1, 0.15) is 11.4 Å². The Balaban J connectivity index is 1.42. The molecule has 2 N–H and O–H groups in total. The van der Waals surface area contributed by atoms with Crippen LogP contribution in [0.1, 0.15) is 103 Å². The Hall–Kier alpha value is -5.81. The molecule has 0 bridgehead atoms. The highest BCUT2D eigenvalue weighted by Gasteiger charge is 2.54. The number of para-hydroxylation sites is 2. The maximum Gasteiger partial charge on any atom is 0.354 e. The quantitative estimate of drug-likeness (QED) is 0.0483. The van der Waals surface area contributed by atoms with Crippen LogP contribution in [0.5, 0.6) is 5.75 Å². The zero-order valence-electron chi connectivity index (χ0n) is 36.5. The van der Waals surface area contributed by atoms with Crippen LogP contribution in [0.15, 0.2) is 119 Å². The van der Waals surface area contributed by atoms with E-state index in [1.54, 1.807) is 84.9 Å². The van der Waals surface area contributed by atoms with Crippen molar-refractivity contribution in [3.8, 4) is 11.4 Å². The molecule has 0 aliphatic carbocycles. The van der Waals surface area contributed by atoms with Crippen LogP contribution >= 0.6 is 11.6 Å². The number of Topliss-reactive ketones (excluding diaryl/α,β-unsaturated/α-hetero) is 1. The molecule has 11 nitrogen and oxygen atoms in total. The molecule has 1 aromatic heterocycles. The summed E-state index contributed by atoms with van der Waals surface area (Å²) in [6.45, 7) is 16.2. The molecule has 12 heteroatoms. The van der Waals surface area contributed by atoms with Crippen molar-refractivity contribution in [3.63, 3.8) is 0 Å². The summed E-state index contributed by atoms with van der Waals surface area (Å²) in [4.78, 5) is 68.7. The number of ether oxygens (including phenoxy) is 1. The number of nitrogens with zero attached hydrogens (tertiary/aromatic N) is 3. The van der Waals surface area contributed by atoms with Crippen molar-refractivity contribution in [3.05, 3.63) is 152 Å². The van der Waals surface area contributed by atoms with Gasteiger partial charge in [0.15, 0.2) is 5.78 Å². The summed E-state index contributed by atoms with van der Waals surface area (Å²) in [6.07, 6.45) is 2.37. The molecule has 61 heavy (non-hydrogen) atoms. The van der Waals surface area contributed by atoms with Crippen LogP contribution in [0.2, 0.25) is 0 Å². The third-order valence-corrected chi connectivity index (χ3v) is 12.1. The Bertz CT molecular complexity index is 2450. The summed E-state index contributed by atoms with van der Waals surface area (Å²) in [5.41, 5.74) is -0.307. The maximum absolute atomic E-state index is 14.9. The van der Waals surface area contributed by atoms with Crippen LogP contribution in [0.4, 0.5) is 5.69 Å². The average molecular weight is 848 g/mol. The van der Waals surface area contributed by atoms with E-state index >= 15 is 0 Å². The molecule has 0 aliphatic heterocycles. The normalized spacial score (nSPS) is 12.9. The monoisotopic (exact) mass is 847 g/mol. The van der Waals surface area contributed by atoms with Gasteiger partial charge in [-0.05, 0) is 71.6 Å². The van der Waals surface area contributed by atoms with Crippen molar-refractivity contribution >= 4 is 34.9 Å². The first-order valence-corrected chi connectivity index (χ1v) is 21.2. The summed E-state index contributed by atoms with van der Waals surface area (Å²) in [7, 11) is 0. The molecule has 5 aromatic rings. The number of ketones is 1. The molecule has 2 amide bonds. The highest BCUT2D eigenvalue weighted by atomic mass is 35.5. The van der Waals surface area contributed by atoms with Gasteiger partial charge < -0.3 is 15.4 Å². The van der Waals surface area contributed by atoms with E-state index in [1.807, 2.05) is 12.1 Å². The number of hydrogen-bond donors (Lipinski definition) is 2. The lowest BCUT2D eigenvalue weighted by Crippen LogP contribution is -2.62. The Morgan fingerprint density at radius 2 is 1.36 bits per heavy atom. The molecule has 0 saturated carbocycles. The molecule has 1 unspecified atom stereocenters. The third-order valence-electron chi connectivity index (χ3n) is 11.6. The van der Waals surface area contributed by atoms with E-state index in [-0.39, 0.29) is 59.8 Å². The number of benzene rings is 4. The van der Waals surface area contributed by atoms with E-state index in [2.05, 4.69) is 69.4 Å². The van der Waals surface area contributed by atoms with Crippen molar-refractivity contribution in [1.29, 1.82) is 0 Å². The lowest BCUT2D eigenvalue weighted by molar-refractivity contribution is -0.139. The molecule has 0 aliphatic rings. The number of carbonyl (C=O) groups excluding carboxylic acids is 3. The van der Waals surface area contributed by atoms with Crippen LogP contribution in [0, 0.1) is 5.41 Å². The fourth-order valence-electron chi connectivity index (χ4n) is 6.82. The fourth-order valence-corrected chi connectivity index (χ4v) is 7.27. The minimum absolute atomic E-state index is 0.0140. The predicted molar refractivity (Wildman–Crippen MR) is 242 cm³/mol. The summed E-state index contributed by atoms with van der Waals surface area (Å²) < 4.78 is 7.72. The summed E-state index contributed by atoms with van der Waals surface area (Å²) in [6, 6.07) is 32.0. The van der Waals surface area contributed by atoms with E-state index in [9.17, 15) is 24.0 Å². The largest absolute Gasteiger partial charge is 0.493 e. The van der Waals surface area contributed by atoms with Gasteiger partial charge in [0.25, 0.3) is 16.5 Å². The molecule has 5 rings (SSSR count). The Morgan fingerprint density at radius 3 is 1.97 bits per heavy atom. The van der Waals surface area contributed by atoms with E-state index in [0.717, 1.165) is 28.8 Å². The minimum Gasteiger partial charge on any atom is -0.493 e. The van der Waals surface area contributed by atoms with Gasteiger partial charge in [-0.2, -0.15) is 9.78 Å². The first kappa shape index (κ1) is 46.3. The Labute approximate surface area is 363 Å². The minimum atomic E-state index is -2.93. The van der Waals surface area contributed by atoms with Gasteiger partial charge in [0.2, 0.25) is 5.91 Å². The average Bonchev–Trinajstić information content (AvgIpc) is 3.26. The lowest BCUT2D eigenvalue weighted by atomic mass is 9.76. The molecular weight excluding hydrogens is 790 g/mol. The van der Waals surface area contributed by atoms with Crippen molar-refractivity contribution < 1.29 is 19.1 Å². The molecule has 1 atom stereocenters. The standard InChI is InChI=1S/C49H58ClN5O6/c1-9-46(3,4)35-28-29-40(38(32-35)47(5,6)10-2)61-30-20-27-41(56)51-33-48(7,8)43(58)49(50,44(59)52-36-23-16-12-17-24-36)54-42(57)39(31-34-21-14-11-15-22-34)53-55(45(54)60)37-25-18-13-19-26-37/h11-19,21-26,28-29,32H,9-10,20,27,30-31,33H2,1-8H3,(H,51,56)(H,52,59). The second-order valence-corrected chi connectivity index (χ2v) is 17.9. The second kappa shape index (κ2) is 19.3. The summed E-state index contributed by atoms with van der Waals surface area (Å²) in [5.74, 6) is -1.69. The molecule has 0 saturated heterocycles. The van der Waals surface area contributed by atoms with Crippen molar-refractivity contribution in [2.75, 3.05) is 18.5 Å². The Morgan fingerprint density at radius 1 is 0.770 bits per heavy atom. The molecule has 0 spiro atoms. The first-order chi connectivity index (χ1) is 28.9. The van der Waals surface area contributed by atoms with Crippen molar-refractivity contribution in [1.82, 2.24) is 19.7 Å². The smallest absolute Gasteiger partial charge is 0.354 e. The van der Waals surface area contributed by atoms with Gasteiger partial charge in [0, 0.05) is 36.1 Å². The summed E-state index contributed by atoms with van der Waals surface area (Å²) >= 11 is 7.25. The van der Waals surface area contributed by atoms with E-state index in [4.69, 9.17) is 16.3 Å². The topological polar surface area (TPSA) is 141 Å². The Kier molecular flexibility index (Phi) is 14.6. The van der Waals surface area contributed by atoms with E-state index in [0.29, 0.717) is 16.6 Å². The van der Waals surface area contributed by atoms with Crippen LogP contribution < -0.4 is 26.6 Å². The second-order valence-electron chi connectivity index (χ2n) is 17.3. The molecule has 0 fully saturated rings. The van der Waals surface area contributed by atoms with Gasteiger partial charge in [-0.1, -0.05) is 146 Å². The summed E-state index contributed by atoms with van der Waals surface area (Å²) in [5, 5.41) is 9.88. The number of anilines is 1. The van der Waals surface area contributed by atoms with Gasteiger partial charge in [-0.15, -0.1) is 0 Å². The molecule has 4 aromatic carbocycles. The van der Waals surface area contributed by atoms with Crippen LogP contribution in [-0.4, -0.2) is 45.1 Å². The number of carbonyl (C=O) groups is 3. The number of alkyl halides is 1. The molecule has 1 heterocycles. The zero-order chi connectivity index (χ0) is 44.6. The van der Waals surface area contributed by atoms with Gasteiger partial charge in [-0.3, -0.25) is 19.2 Å². The molecule has 0 radical (unpaired) electrons. The van der Waals surface area contributed by atoms with Crippen molar-refractivity contribution in [2.45, 2.75) is 103 Å². The third kappa shape index (κ3) is 10.6. The molecular formula is C49H58ClN5O6. The first-order valence-electron chi connectivity index (χ1n) is 20.9. The molecule has 322 valence electrons. The van der Waals surface area contributed by atoms with Gasteiger partial charge in [-0.25, -0.2) is 9.36 Å². The number of halogens is 1. The maximum atomic E-state index is 14.9. The number of aromatic nitrogens is 3.